The zero-order chi connectivity index (χ0) is 23.3. The van der Waals surface area contributed by atoms with Crippen LogP contribution in [0.25, 0.3) is 0 Å². The van der Waals surface area contributed by atoms with Crippen molar-refractivity contribution in [1.29, 1.82) is 0 Å². The van der Waals surface area contributed by atoms with E-state index in [0.717, 1.165) is 29.3 Å². The first kappa shape index (κ1) is 24.1. The number of rotatable bonds is 8. The summed E-state index contributed by atoms with van der Waals surface area (Å²) in [6.07, 6.45) is 0.625. The van der Waals surface area contributed by atoms with E-state index in [1.807, 2.05) is 42.5 Å². The van der Waals surface area contributed by atoms with Crippen LogP contribution in [-0.4, -0.2) is 75.9 Å². The second kappa shape index (κ2) is 10.9. The summed E-state index contributed by atoms with van der Waals surface area (Å²) < 4.78 is 34.5. The Hall–Kier alpha value is -2.07. The molecule has 1 amide bonds. The summed E-state index contributed by atoms with van der Waals surface area (Å²) in [6, 6.07) is 15.4. The number of morpholine rings is 1. The number of hydrogen-bond donors (Lipinski definition) is 1. The lowest BCUT2D eigenvalue weighted by atomic mass is 10.0. The third-order valence-electron chi connectivity index (χ3n) is 6.06. The number of nitrogens with one attached hydrogen (secondary N) is 1. The Kier molecular flexibility index (Phi) is 7.95. The van der Waals surface area contributed by atoms with Gasteiger partial charge in [-0.15, -0.1) is 11.8 Å². The van der Waals surface area contributed by atoms with Crippen molar-refractivity contribution in [1.82, 2.24) is 10.2 Å². The summed E-state index contributed by atoms with van der Waals surface area (Å²) in [6.45, 7) is 3.40. The van der Waals surface area contributed by atoms with Gasteiger partial charge in [-0.25, -0.2) is 8.42 Å². The number of thioether (sulfide) groups is 1. The molecule has 33 heavy (non-hydrogen) atoms. The molecule has 2 aromatic rings. The zero-order valence-electron chi connectivity index (χ0n) is 18.7. The topological polar surface area (TPSA) is 84.9 Å². The third-order valence-corrected chi connectivity index (χ3v) is 9.38. The quantitative estimate of drug-likeness (QED) is 0.609. The van der Waals surface area contributed by atoms with Crippen molar-refractivity contribution in [2.75, 3.05) is 51.5 Å². The molecule has 2 saturated heterocycles. The molecule has 2 aliphatic heterocycles. The fraction of sp³-hybridized carbons (Fsp3) is 0.458. The molecule has 2 atom stereocenters. The Morgan fingerprint density at radius 2 is 1.91 bits per heavy atom. The Morgan fingerprint density at radius 1 is 1.18 bits per heavy atom. The minimum Gasteiger partial charge on any atom is -0.497 e. The van der Waals surface area contributed by atoms with Crippen molar-refractivity contribution in [3.8, 4) is 5.75 Å². The van der Waals surface area contributed by atoms with Crippen LogP contribution in [-0.2, 0) is 14.6 Å². The van der Waals surface area contributed by atoms with Crippen molar-refractivity contribution in [2.24, 2.45) is 0 Å². The SMILES string of the molecule is COc1ccc([C@H](CNC(=O)c2ccccc2S[C@@H]2CCS(=O)(=O)C2)N2CCOCC2)cc1. The summed E-state index contributed by atoms with van der Waals surface area (Å²) in [5.74, 6) is 1.04. The molecule has 0 bridgehead atoms. The van der Waals surface area contributed by atoms with E-state index in [2.05, 4.69) is 10.2 Å². The molecule has 0 aliphatic carbocycles. The van der Waals surface area contributed by atoms with Crippen LogP contribution >= 0.6 is 11.8 Å². The average molecular weight is 491 g/mol. The molecule has 7 nitrogen and oxygen atoms in total. The number of nitrogens with zero attached hydrogens (tertiary/aromatic N) is 1. The van der Waals surface area contributed by atoms with Crippen LogP contribution in [0.3, 0.4) is 0 Å². The molecule has 4 rings (SSSR count). The van der Waals surface area contributed by atoms with Gasteiger partial charge in [0.05, 0.1) is 43.4 Å². The molecule has 0 radical (unpaired) electrons. The van der Waals surface area contributed by atoms with Gasteiger partial charge in [0.25, 0.3) is 5.91 Å². The van der Waals surface area contributed by atoms with E-state index in [0.29, 0.717) is 31.7 Å². The molecular weight excluding hydrogens is 460 g/mol. The van der Waals surface area contributed by atoms with Crippen molar-refractivity contribution in [3.63, 3.8) is 0 Å². The van der Waals surface area contributed by atoms with E-state index >= 15 is 0 Å². The minimum absolute atomic E-state index is 0.00986. The lowest BCUT2D eigenvalue weighted by Crippen LogP contribution is -2.43. The van der Waals surface area contributed by atoms with Gasteiger partial charge in [-0.1, -0.05) is 24.3 Å². The van der Waals surface area contributed by atoms with Crippen LogP contribution in [0.1, 0.15) is 28.4 Å². The number of amides is 1. The van der Waals surface area contributed by atoms with E-state index in [1.54, 1.807) is 13.2 Å². The number of ether oxygens (including phenoxy) is 2. The molecule has 178 valence electrons. The van der Waals surface area contributed by atoms with E-state index < -0.39 is 9.84 Å². The van der Waals surface area contributed by atoms with Gasteiger partial charge in [-0.3, -0.25) is 9.69 Å². The summed E-state index contributed by atoms with van der Waals surface area (Å²) in [5.41, 5.74) is 1.69. The molecule has 2 aromatic carbocycles. The number of carbonyl (C=O) groups excluding carboxylic acids is 1. The van der Waals surface area contributed by atoms with Gasteiger partial charge in [-0.05, 0) is 36.2 Å². The lowest BCUT2D eigenvalue weighted by molar-refractivity contribution is 0.0162. The van der Waals surface area contributed by atoms with Crippen LogP contribution in [0, 0.1) is 0 Å². The summed E-state index contributed by atoms with van der Waals surface area (Å²) in [7, 11) is -1.32. The van der Waals surface area contributed by atoms with Crippen molar-refractivity contribution in [3.05, 3.63) is 59.7 Å². The van der Waals surface area contributed by atoms with Crippen molar-refractivity contribution < 1.29 is 22.7 Å². The van der Waals surface area contributed by atoms with Crippen LogP contribution in [0.2, 0.25) is 0 Å². The molecule has 0 unspecified atom stereocenters. The van der Waals surface area contributed by atoms with Gasteiger partial charge in [-0.2, -0.15) is 0 Å². The predicted octanol–water partition coefficient (Wildman–Crippen LogP) is 2.78. The first-order valence-electron chi connectivity index (χ1n) is 11.2. The normalized spacial score (nSPS) is 21.4. The fourth-order valence-corrected chi connectivity index (χ4v) is 7.87. The molecule has 1 N–H and O–H groups in total. The van der Waals surface area contributed by atoms with Gasteiger partial charge >= 0.3 is 0 Å². The number of benzene rings is 2. The molecule has 0 spiro atoms. The first-order valence-corrected chi connectivity index (χ1v) is 13.9. The molecular formula is C24H30N2O5S2. The highest BCUT2D eigenvalue weighted by Crippen LogP contribution is 2.33. The van der Waals surface area contributed by atoms with Gasteiger partial charge in [0, 0.05) is 29.8 Å². The summed E-state index contributed by atoms with van der Waals surface area (Å²) in [5, 5.41) is 3.11. The number of sulfone groups is 1. The first-order chi connectivity index (χ1) is 15.9. The maximum absolute atomic E-state index is 13.2. The van der Waals surface area contributed by atoms with E-state index in [4.69, 9.17) is 9.47 Å². The monoisotopic (exact) mass is 490 g/mol. The molecule has 0 saturated carbocycles. The third kappa shape index (κ3) is 6.29. The maximum Gasteiger partial charge on any atom is 0.252 e. The summed E-state index contributed by atoms with van der Waals surface area (Å²) >= 11 is 1.49. The average Bonchev–Trinajstić information content (AvgIpc) is 3.18. The lowest BCUT2D eigenvalue weighted by Gasteiger charge is -2.35. The number of carbonyl (C=O) groups is 1. The maximum atomic E-state index is 13.2. The zero-order valence-corrected chi connectivity index (χ0v) is 20.4. The summed E-state index contributed by atoms with van der Waals surface area (Å²) in [4.78, 5) is 16.3. The Bertz CT molecular complexity index is 1050. The smallest absolute Gasteiger partial charge is 0.252 e. The highest BCUT2D eigenvalue weighted by molar-refractivity contribution is 8.02. The molecule has 9 heteroatoms. The van der Waals surface area contributed by atoms with E-state index in [-0.39, 0.29) is 28.7 Å². The van der Waals surface area contributed by atoms with Gasteiger partial charge in [0.1, 0.15) is 5.75 Å². The van der Waals surface area contributed by atoms with Gasteiger partial charge in [0.2, 0.25) is 0 Å². The largest absolute Gasteiger partial charge is 0.497 e. The molecule has 2 fully saturated rings. The van der Waals surface area contributed by atoms with Crippen LogP contribution in [0.5, 0.6) is 5.75 Å². The Balaban J connectivity index is 1.47. The van der Waals surface area contributed by atoms with Crippen molar-refractivity contribution >= 4 is 27.5 Å². The Morgan fingerprint density at radius 3 is 2.58 bits per heavy atom. The van der Waals surface area contributed by atoms with Gasteiger partial charge < -0.3 is 14.8 Å². The number of hydrogen-bond acceptors (Lipinski definition) is 7. The molecule has 2 heterocycles. The highest BCUT2D eigenvalue weighted by Gasteiger charge is 2.30. The van der Waals surface area contributed by atoms with Crippen molar-refractivity contribution in [2.45, 2.75) is 22.6 Å². The van der Waals surface area contributed by atoms with Crippen LogP contribution in [0.15, 0.2) is 53.4 Å². The van der Waals surface area contributed by atoms with Gasteiger partial charge in [0.15, 0.2) is 9.84 Å². The van der Waals surface area contributed by atoms with Crippen LogP contribution < -0.4 is 10.1 Å². The second-order valence-electron chi connectivity index (χ2n) is 8.29. The van der Waals surface area contributed by atoms with E-state index in [9.17, 15) is 13.2 Å². The number of methoxy groups -OCH3 is 1. The predicted molar refractivity (Wildman–Crippen MR) is 130 cm³/mol. The minimum atomic E-state index is -2.96. The van der Waals surface area contributed by atoms with Crippen LogP contribution in [0.4, 0.5) is 0 Å². The van der Waals surface area contributed by atoms with E-state index in [1.165, 1.54) is 11.8 Å². The molecule has 0 aromatic heterocycles. The fourth-order valence-electron chi connectivity index (χ4n) is 4.25. The Labute approximate surface area is 199 Å². The standard InChI is InChI=1S/C24H30N2O5S2/c1-30-19-8-6-18(7-9-19)22(26-11-13-31-14-12-26)16-25-24(27)21-4-2-3-5-23(21)32-20-10-15-33(28,29)17-20/h2-9,20,22H,10-17H2,1H3,(H,25,27)/t20-,22+/m1/s1. The highest BCUT2D eigenvalue weighted by atomic mass is 32.2. The second-order valence-corrected chi connectivity index (χ2v) is 11.9. The molecule has 2 aliphatic rings.